The first-order valence-electron chi connectivity index (χ1n) is 7.57. The van der Waals surface area contributed by atoms with Gasteiger partial charge in [0.15, 0.2) is 5.44 Å². The van der Waals surface area contributed by atoms with Crippen LogP contribution in [0.15, 0.2) is 42.6 Å². The Morgan fingerprint density at radius 3 is 2.42 bits per heavy atom. The quantitative estimate of drug-likeness (QED) is 0.647. The van der Waals surface area contributed by atoms with Crippen LogP contribution < -0.4 is 4.74 Å². The SMILES string of the molecule is OCc1ccc(-c2ccc(O[C@@H]3SC[C@@H](O)[C@H](O)[C@H]3O)cn2)cc1. The number of nitrogens with zero attached hydrogens (tertiary/aromatic N) is 1. The second-order valence-corrected chi connectivity index (χ2v) is 6.73. The van der Waals surface area contributed by atoms with Crippen LogP contribution >= 0.6 is 11.8 Å². The van der Waals surface area contributed by atoms with E-state index in [0.717, 1.165) is 16.8 Å². The number of thioether (sulfide) groups is 1. The summed E-state index contributed by atoms with van der Waals surface area (Å²) in [4.78, 5) is 4.34. The molecule has 1 aromatic carbocycles. The smallest absolute Gasteiger partial charge is 0.173 e. The Balaban J connectivity index is 1.68. The fraction of sp³-hybridized carbons (Fsp3) is 0.353. The van der Waals surface area contributed by atoms with Crippen molar-refractivity contribution in [3.8, 4) is 17.0 Å². The monoisotopic (exact) mass is 349 g/mol. The highest BCUT2D eigenvalue weighted by molar-refractivity contribution is 7.99. The van der Waals surface area contributed by atoms with Crippen molar-refractivity contribution in [3.05, 3.63) is 48.2 Å². The third-order valence-electron chi connectivity index (χ3n) is 3.88. The molecule has 0 saturated carbocycles. The van der Waals surface area contributed by atoms with Crippen LogP contribution in [-0.4, -0.2) is 54.9 Å². The van der Waals surface area contributed by atoms with E-state index in [-0.39, 0.29) is 6.61 Å². The molecule has 1 fully saturated rings. The van der Waals surface area contributed by atoms with Gasteiger partial charge in [-0.1, -0.05) is 24.3 Å². The molecule has 128 valence electrons. The molecule has 6 nitrogen and oxygen atoms in total. The standard InChI is InChI=1S/C17H19NO5S/c19-8-10-1-3-11(4-2-10)13-6-5-12(7-18-13)23-17-16(22)15(21)14(20)9-24-17/h1-7,14-17,19-22H,8-9H2/t14-,15+,16-,17-/m1/s1. The summed E-state index contributed by atoms with van der Waals surface area (Å²) in [6.45, 7) is 0.00240. The topological polar surface area (TPSA) is 103 Å². The van der Waals surface area contributed by atoms with E-state index in [1.54, 1.807) is 18.3 Å². The van der Waals surface area contributed by atoms with Gasteiger partial charge in [-0.05, 0) is 17.7 Å². The van der Waals surface area contributed by atoms with E-state index in [1.165, 1.54) is 11.8 Å². The first kappa shape index (κ1) is 17.2. The minimum atomic E-state index is -1.21. The van der Waals surface area contributed by atoms with Crippen LogP contribution in [0.3, 0.4) is 0 Å². The van der Waals surface area contributed by atoms with Crippen LogP contribution in [0.5, 0.6) is 5.75 Å². The summed E-state index contributed by atoms with van der Waals surface area (Å²) in [6.07, 6.45) is -1.77. The molecule has 1 aliphatic heterocycles. The normalized spacial score (nSPS) is 27.0. The van der Waals surface area contributed by atoms with Crippen molar-refractivity contribution in [2.45, 2.75) is 30.4 Å². The maximum Gasteiger partial charge on any atom is 0.173 e. The average Bonchev–Trinajstić information content (AvgIpc) is 2.63. The first-order chi connectivity index (χ1) is 11.6. The van der Waals surface area contributed by atoms with E-state index >= 15 is 0 Å². The number of hydrogen-bond donors (Lipinski definition) is 4. The molecule has 3 rings (SSSR count). The van der Waals surface area contributed by atoms with Gasteiger partial charge in [0.05, 0.1) is 24.6 Å². The van der Waals surface area contributed by atoms with Gasteiger partial charge in [-0.2, -0.15) is 0 Å². The summed E-state index contributed by atoms with van der Waals surface area (Å²) < 4.78 is 5.66. The van der Waals surface area contributed by atoms with Gasteiger partial charge < -0.3 is 25.2 Å². The van der Waals surface area contributed by atoms with Crippen LogP contribution in [0.1, 0.15) is 5.56 Å². The Labute approximate surface area is 143 Å². The lowest BCUT2D eigenvalue weighted by molar-refractivity contribution is -0.0786. The van der Waals surface area contributed by atoms with Gasteiger partial charge >= 0.3 is 0 Å². The van der Waals surface area contributed by atoms with E-state index in [0.29, 0.717) is 11.5 Å². The van der Waals surface area contributed by atoms with Crippen LogP contribution in [0.4, 0.5) is 0 Å². The van der Waals surface area contributed by atoms with Crippen LogP contribution in [-0.2, 0) is 6.61 Å². The molecule has 4 N–H and O–H groups in total. The van der Waals surface area contributed by atoms with Gasteiger partial charge in [0, 0.05) is 11.3 Å². The maximum atomic E-state index is 9.95. The Morgan fingerprint density at radius 2 is 1.79 bits per heavy atom. The molecular formula is C17H19NO5S. The van der Waals surface area contributed by atoms with E-state index in [4.69, 9.17) is 9.84 Å². The molecule has 0 aliphatic carbocycles. The van der Waals surface area contributed by atoms with Crippen molar-refractivity contribution in [3.63, 3.8) is 0 Å². The van der Waals surface area contributed by atoms with Crippen molar-refractivity contribution < 1.29 is 25.2 Å². The maximum absolute atomic E-state index is 9.95. The molecule has 0 spiro atoms. The highest BCUT2D eigenvalue weighted by atomic mass is 32.2. The van der Waals surface area contributed by atoms with Crippen molar-refractivity contribution in [1.82, 2.24) is 4.98 Å². The van der Waals surface area contributed by atoms with Gasteiger partial charge in [0.2, 0.25) is 0 Å². The van der Waals surface area contributed by atoms with Gasteiger partial charge in [0.25, 0.3) is 0 Å². The number of ether oxygens (including phenoxy) is 1. The Morgan fingerprint density at radius 1 is 1.04 bits per heavy atom. The number of hydrogen-bond acceptors (Lipinski definition) is 7. The number of aliphatic hydroxyl groups excluding tert-OH is 4. The van der Waals surface area contributed by atoms with Gasteiger partial charge in [-0.3, -0.25) is 4.98 Å². The predicted molar refractivity (Wildman–Crippen MR) is 90.5 cm³/mol. The van der Waals surface area contributed by atoms with Gasteiger partial charge in [-0.25, -0.2) is 0 Å². The number of pyridine rings is 1. The molecule has 2 heterocycles. The van der Waals surface area contributed by atoms with Crippen molar-refractivity contribution >= 4 is 11.8 Å². The number of aromatic nitrogens is 1. The van der Waals surface area contributed by atoms with Crippen LogP contribution in [0.2, 0.25) is 0 Å². The van der Waals surface area contributed by atoms with Crippen molar-refractivity contribution in [2.24, 2.45) is 0 Å². The molecule has 24 heavy (non-hydrogen) atoms. The van der Waals surface area contributed by atoms with Crippen LogP contribution in [0.25, 0.3) is 11.3 Å². The summed E-state index contributed by atoms with van der Waals surface area (Å²) in [5.41, 5.74) is 1.87. The van der Waals surface area contributed by atoms with Gasteiger partial charge in [-0.15, -0.1) is 11.8 Å². The lowest BCUT2D eigenvalue weighted by atomic mass is 10.1. The number of aliphatic hydroxyl groups is 4. The first-order valence-corrected chi connectivity index (χ1v) is 8.62. The summed E-state index contributed by atoms with van der Waals surface area (Å²) >= 11 is 1.25. The molecular weight excluding hydrogens is 330 g/mol. The summed E-state index contributed by atoms with van der Waals surface area (Å²) in [5.74, 6) is 0.775. The number of benzene rings is 1. The third-order valence-corrected chi connectivity index (χ3v) is 5.11. The Bertz CT molecular complexity index is 664. The third kappa shape index (κ3) is 3.71. The zero-order chi connectivity index (χ0) is 17.1. The largest absolute Gasteiger partial charge is 0.475 e. The summed E-state index contributed by atoms with van der Waals surface area (Å²) in [5, 5.41) is 38.2. The zero-order valence-corrected chi connectivity index (χ0v) is 13.6. The molecule has 0 bridgehead atoms. The van der Waals surface area contributed by atoms with E-state index in [2.05, 4.69) is 4.98 Å². The minimum Gasteiger partial charge on any atom is -0.475 e. The number of rotatable bonds is 4. The van der Waals surface area contributed by atoms with E-state index in [9.17, 15) is 15.3 Å². The lowest BCUT2D eigenvalue weighted by Crippen LogP contribution is -2.50. The average molecular weight is 349 g/mol. The van der Waals surface area contributed by atoms with E-state index in [1.807, 2.05) is 24.3 Å². The molecule has 2 aromatic rings. The highest BCUT2D eigenvalue weighted by Gasteiger charge is 2.38. The predicted octanol–water partition coefficient (Wildman–Crippen LogP) is 0.775. The molecule has 4 atom stereocenters. The summed E-state index contributed by atoms with van der Waals surface area (Å²) in [6, 6.07) is 11.0. The second-order valence-electron chi connectivity index (χ2n) is 5.60. The molecule has 0 amide bonds. The molecule has 1 aromatic heterocycles. The summed E-state index contributed by atoms with van der Waals surface area (Å²) in [7, 11) is 0. The second kappa shape index (κ2) is 7.50. The Hall–Kier alpha value is -1.64. The molecule has 1 saturated heterocycles. The highest BCUT2D eigenvalue weighted by Crippen LogP contribution is 2.29. The Kier molecular flexibility index (Phi) is 5.37. The molecule has 7 heteroatoms. The van der Waals surface area contributed by atoms with Crippen molar-refractivity contribution in [1.29, 1.82) is 0 Å². The zero-order valence-electron chi connectivity index (χ0n) is 12.8. The van der Waals surface area contributed by atoms with Gasteiger partial charge in [0.1, 0.15) is 18.0 Å². The van der Waals surface area contributed by atoms with E-state index < -0.39 is 23.7 Å². The fourth-order valence-corrected chi connectivity index (χ4v) is 3.54. The lowest BCUT2D eigenvalue weighted by Gasteiger charge is -2.34. The van der Waals surface area contributed by atoms with Crippen LogP contribution in [0, 0.1) is 0 Å². The minimum absolute atomic E-state index is 0.00240. The molecule has 1 aliphatic rings. The van der Waals surface area contributed by atoms with Crippen molar-refractivity contribution in [2.75, 3.05) is 5.75 Å². The molecule has 0 unspecified atom stereocenters. The molecule has 0 radical (unpaired) electrons. The fourth-order valence-electron chi connectivity index (χ4n) is 2.42.